The van der Waals surface area contributed by atoms with Crippen LogP contribution in [0.5, 0.6) is 0 Å². The predicted octanol–water partition coefficient (Wildman–Crippen LogP) is 0.362. The van der Waals surface area contributed by atoms with Gasteiger partial charge < -0.3 is 4.90 Å². The molecule has 0 aliphatic carbocycles. The molecule has 1 N–H and O–H groups in total. The van der Waals surface area contributed by atoms with E-state index in [9.17, 15) is 17.1 Å². The quantitative estimate of drug-likeness (QED) is 0.803. The smallest absolute Gasteiger partial charge is 0.307 e. The highest BCUT2D eigenvalue weighted by molar-refractivity contribution is 7.87. The maximum Gasteiger partial charge on any atom is 0.307 e. The summed E-state index contributed by atoms with van der Waals surface area (Å²) in [6, 6.07) is 1.65. The Morgan fingerprint density at radius 2 is 2.21 bits per heavy atom. The lowest BCUT2D eigenvalue weighted by Gasteiger charge is -2.15. The number of nitrogens with one attached hydrogen (secondary N) is 1. The molecule has 19 heavy (non-hydrogen) atoms. The predicted molar refractivity (Wildman–Crippen MR) is 64.7 cm³/mol. The second kappa shape index (κ2) is 3.98. The summed E-state index contributed by atoms with van der Waals surface area (Å²) in [5.74, 6) is -0.434. The summed E-state index contributed by atoms with van der Waals surface area (Å²) in [4.78, 5) is 17.0. The normalized spacial score (nSPS) is 20.4. The lowest BCUT2D eigenvalue weighted by atomic mass is 10.3. The van der Waals surface area contributed by atoms with Crippen LogP contribution in [-0.2, 0) is 15.0 Å². The van der Waals surface area contributed by atoms with E-state index in [4.69, 9.17) is 0 Å². The third-order valence-electron chi connectivity index (χ3n) is 3.08. The van der Waals surface area contributed by atoms with Gasteiger partial charge in [0, 0.05) is 18.4 Å². The summed E-state index contributed by atoms with van der Waals surface area (Å²) in [5, 5.41) is 5.84. The van der Waals surface area contributed by atoms with Gasteiger partial charge in [0.15, 0.2) is 5.65 Å². The fourth-order valence-corrected chi connectivity index (χ4v) is 2.75. The Morgan fingerprint density at radius 3 is 2.89 bits per heavy atom. The lowest BCUT2D eigenvalue weighted by Crippen LogP contribution is -2.26. The van der Waals surface area contributed by atoms with E-state index in [-0.39, 0.29) is 13.0 Å². The van der Waals surface area contributed by atoms with Crippen LogP contribution in [0.3, 0.4) is 0 Å². The maximum absolute atomic E-state index is 12.9. The van der Waals surface area contributed by atoms with E-state index >= 15 is 0 Å². The summed E-state index contributed by atoms with van der Waals surface area (Å²) >= 11 is 0. The van der Waals surface area contributed by atoms with Crippen LogP contribution in [0.4, 0.5) is 9.57 Å². The number of amides is 1. The molecule has 1 amide bonds. The molecule has 1 aliphatic rings. The number of aromatic amines is 1. The molecule has 2 aromatic heterocycles. The fourth-order valence-electron chi connectivity index (χ4n) is 2.09. The molecule has 0 bridgehead atoms. The highest BCUT2D eigenvalue weighted by Gasteiger charge is 2.39. The van der Waals surface area contributed by atoms with Crippen molar-refractivity contribution < 1.29 is 17.1 Å². The molecular weight excluding hydrogens is 275 g/mol. The van der Waals surface area contributed by atoms with E-state index < -0.39 is 21.4 Å². The zero-order valence-corrected chi connectivity index (χ0v) is 10.4. The molecule has 3 heterocycles. The minimum absolute atomic E-state index is 0.192. The van der Waals surface area contributed by atoms with Crippen molar-refractivity contribution in [2.45, 2.75) is 11.7 Å². The Bertz CT molecular complexity index is 757. The molecule has 3 rings (SSSR count). The van der Waals surface area contributed by atoms with Crippen LogP contribution in [0, 0.1) is 0 Å². The zero-order valence-electron chi connectivity index (χ0n) is 9.58. The summed E-state index contributed by atoms with van der Waals surface area (Å²) < 4.78 is 34.6. The Balaban J connectivity index is 1.96. The molecule has 7 nitrogen and oxygen atoms in total. The van der Waals surface area contributed by atoms with Crippen molar-refractivity contribution in [3.63, 3.8) is 0 Å². The van der Waals surface area contributed by atoms with Gasteiger partial charge in [-0.05, 0) is 6.07 Å². The number of aromatic nitrogens is 3. The van der Waals surface area contributed by atoms with E-state index in [2.05, 4.69) is 15.2 Å². The average molecular weight is 284 g/mol. The van der Waals surface area contributed by atoms with Gasteiger partial charge in [-0.25, -0.2) is 4.98 Å². The number of rotatable bonds is 2. The minimum atomic E-state index is -4.71. The molecule has 0 spiro atoms. The van der Waals surface area contributed by atoms with E-state index in [1.54, 1.807) is 6.07 Å². The van der Waals surface area contributed by atoms with Gasteiger partial charge in [0.2, 0.25) is 5.91 Å². The number of hydrogen-bond donors (Lipinski definition) is 1. The number of halogens is 1. The van der Waals surface area contributed by atoms with Gasteiger partial charge in [-0.2, -0.15) is 13.5 Å². The van der Waals surface area contributed by atoms with Crippen LogP contribution < -0.4 is 4.90 Å². The standard InChI is InChI=1S/C10H9FN4O3S/c11-19(17,18)8-2-9(16)15(5-8)7-1-6-3-13-14-10(6)12-4-7/h1,3-4,8H,2,5H2,(H,12,13,14). The molecule has 9 heteroatoms. The highest BCUT2D eigenvalue weighted by atomic mass is 32.3. The molecule has 1 atom stereocenters. The van der Waals surface area contributed by atoms with Gasteiger partial charge in [-0.15, -0.1) is 3.89 Å². The monoisotopic (exact) mass is 284 g/mol. The van der Waals surface area contributed by atoms with Gasteiger partial charge in [0.25, 0.3) is 0 Å². The van der Waals surface area contributed by atoms with Crippen molar-refractivity contribution in [1.82, 2.24) is 15.2 Å². The van der Waals surface area contributed by atoms with Crippen LogP contribution in [0.25, 0.3) is 11.0 Å². The maximum atomic E-state index is 12.9. The van der Waals surface area contributed by atoms with Crippen molar-refractivity contribution in [1.29, 1.82) is 0 Å². The SMILES string of the molecule is O=C1CC(S(=O)(=O)F)CN1c1cnc2[nH]ncc2c1. The molecule has 0 saturated carbocycles. The third-order valence-corrected chi connectivity index (χ3v) is 4.19. The Hall–Kier alpha value is -2.03. The summed E-state index contributed by atoms with van der Waals surface area (Å²) in [7, 11) is -4.71. The largest absolute Gasteiger partial charge is 0.309 e. The molecule has 1 fully saturated rings. The average Bonchev–Trinajstić information content (AvgIpc) is 2.92. The molecule has 1 aliphatic heterocycles. The summed E-state index contributed by atoms with van der Waals surface area (Å²) in [6.07, 6.45) is 2.61. The fraction of sp³-hybridized carbons (Fsp3) is 0.300. The molecule has 1 saturated heterocycles. The Kier molecular flexibility index (Phi) is 2.52. The van der Waals surface area contributed by atoms with Crippen molar-refractivity contribution in [3.8, 4) is 0 Å². The molecule has 100 valence electrons. The van der Waals surface area contributed by atoms with Gasteiger partial charge >= 0.3 is 10.2 Å². The first-order valence-corrected chi connectivity index (χ1v) is 6.93. The molecule has 2 aromatic rings. The molecular formula is C10H9FN4O3S. The number of fused-ring (bicyclic) bond motifs is 1. The number of carbonyl (C=O) groups is 1. The van der Waals surface area contributed by atoms with E-state index in [0.717, 1.165) is 0 Å². The van der Waals surface area contributed by atoms with Crippen LogP contribution >= 0.6 is 0 Å². The van der Waals surface area contributed by atoms with Crippen LogP contribution in [0.2, 0.25) is 0 Å². The molecule has 1 unspecified atom stereocenters. The van der Waals surface area contributed by atoms with E-state index in [0.29, 0.717) is 16.7 Å². The van der Waals surface area contributed by atoms with Gasteiger partial charge in [0.05, 0.1) is 18.1 Å². The summed E-state index contributed by atoms with van der Waals surface area (Å²) in [5.41, 5.74) is 0.995. The van der Waals surface area contributed by atoms with Crippen LogP contribution in [0.1, 0.15) is 6.42 Å². The Labute approximate surface area is 107 Å². The first-order valence-electron chi connectivity index (χ1n) is 5.48. The first kappa shape index (κ1) is 12.0. The van der Waals surface area contributed by atoms with E-state index in [1.807, 2.05) is 0 Å². The van der Waals surface area contributed by atoms with Crippen molar-refractivity contribution in [2.24, 2.45) is 0 Å². The molecule has 0 radical (unpaired) electrons. The highest BCUT2D eigenvalue weighted by Crippen LogP contribution is 2.26. The topological polar surface area (TPSA) is 96.0 Å². The zero-order chi connectivity index (χ0) is 13.6. The first-order chi connectivity index (χ1) is 8.95. The van der Waals surface area contributed by atoms with Gasteiger partial charge in [-0.1, -0.05) is 0 Å². The van der Waals surface area contributed by atoms with Crippen molar-refractivity contribution >= 4 is 32.9 Å². The Morgan fingerprint density at radius 1 is 1.42 bits per heavy atom. The summed E-state index contributed by atoms with van der Waals surface area (Å²) in [6.45, 7) is -0.192. The van der Waals surface area contributed by atoms with Gasteiger partial charge in [0.1, 0.15) is 5.25 Å². The number of carbonyl (C=O) groups excluding carboxylic acids is 1. The van der Waals surface area contributed by atoms with E-state index in [1.165, 1.54) is 17.3 Å². The number of pyridine rings is 1. The second-order valence-electron chi connectivity index (χ2n) is 4.31. The van der Waals surface area contributed by atoms with Crippen LogP contribution in [-0.4, -0.2) is 41.3 Å². The number of H-pyrrole nitrogens is 1. The number of hydrogen-bond acceptors (Lipinski definition) is 5. The minimum Gasteiger partial charge on any atom is -0.309 e. The van der Waals surface area contributed by atoms with Gasteiger partial charge in [-0.3, -0.25) is 9.89 Å². The van der Waals surface area contributed by atoms with Crippen LogP contribution in [0.15, 0.2) is 18.5 Å². The second-order valence-corrected chi connectivity index (χ2v) is 5.93. The van der Waals surface area contributed by atoms with Crippen molar-refractivity contribution in [2.75, 3.05) is 11.4 Å². The van der Waals surface area contributed by atoms with Crippen molar-refractivity contribution in [3.05, 3.63) is 18.5 Å². The number of anilines is 1. The number of nitrogens with zero attached hydrogens (tertiary/aromatic N) is 3. The molecule has 0 aromatic carbocycles. The third kappa shape index (κ3) is 2.05. The lowest BCUT2D eigenvalue weighted by molar-refractivity contribution is -0.117.